The Labute approximate surface area is 103 Å². The number of hydrogen-bond donors (Lipinski definition) is 0. The van der Waals surface area contributed by atoms with Gasteiger partial charge in [0, 0.05) is 13.0 Å². The molecule has 17 heavy (non-hydrogen) atoms. The third kappa shape index (κ3) is 3.86. The summed E-state index contributed by atoms with van der Waals surface area (Å²) in [5.41, 5.74) is 0.222. The molecule has 1 aromatic carbocycles. The summed E-state index contributed by atoms with van der Waals surface area (Å²) in [6, 6.07) is 7.54. The molecule has 0 radical (unpaired) electrons. The van der Waals surface area contributed by atoms with Gasteiger partial charge in [0.05, 0.1) is 7.11 Å². The molecule has 0 saturated carbocycles. The van der Waals surface area contributed by atoms with Crippen molar-refractivity contribution < 1.29 is 14.3 Å². The number of ether oxygens (including phenoxy) is 2. The van der Waals surface area contributed by atoms with Crippen molar-refractivity contribution in [3.63, 3.8) is 0 Å². The van der Waals surface area contributed by atoms with E-state index in [2.05, 4.69) is 0 Å². The van der Waals surface area contributed by atoms with Gasteiger partial charge in [0.1, 0.15) is 11.4 Å². The van der Waals surface area contributed by atoms with E-state index in [0.717, 1.165) is 11.3 Å². The van der Waals surface area contributed by atoms with Gasteiger partial charge in [-0.15, -0.1) is 0 Å². The summed E-state index contributed by atoms with van der Waals surface area (Å²) in [6.07, 6.45) is 0.365. The van der Waals surface area contributed by atoms with Gasteiger partial charge in [-0.1, -0.05) is 12.1 Å². The summed E-state index contributed by atoms with van der Waals surface area (Å²) in [5.74, 6) is 0.845. The molecule has 0 spiro atoms. The molecule has 3 heteroatoms. The predicted molar refractivity (Wildman–Crippen MR) is 67.4 cm³/mol. The van der Waals surface area contributed by atoms with Gasteiger partial charge in [-0.2, -0.15) is 0 Å². The Kier molecular flexibility index (Phi) is 4.70. The second kappa shape index (κ2) is 5.82. The van der Waals surface area contributed by atoms with Crippen molar-refractivity contribution in [2.24, 2.45) is 0 Å². The SMILES string of the molecule is CCOC(C)(C)C(=O)Cc1cccc(OC)c1. The van der Waals surface area contributed by atoms with E-state index in [9.17, 15) is 4.79 Å². The van der Waals surface area contributed by atoms with Crippen LogP contribution in [0.15, 0.2) is 24.3 Å². The van der Waals surface area contributed by atoms with Crippen molar-refractivity contribution >= 4 is 5.78 Å². The molecule has 0 heterocycles. The van der Waals surface area contributed by atoms with Crippen LogP contribution in [0, 0.1) is 0 Å². The molecule has 0 aromatic heterocycles. The number of methoxy groups -OCH3 is 1. The highest BCUT2D eigenvalue weighted by Crippen LogP contribution is 2.17. The van der Waals surface area contributed by atoms with E-state index in [1.807, 2.05) is 31.2 Å². The summed E-state index contributed by atoms with van der Waals surface area (Å²) in [5, 5.41) is 0. The van der Waals surface area contributed by atoms with Crippen molar-refractivity contribution in [3.05, 3.63) is 29.8 Å². The fraction of sp³-hybridized carbons (Fsp3) is 0.500. The number of Topliss-reactive ketones (excluding diaryl/α,β-unsaturated/α-hetero) is 1. The maximum absolute atomic E-state index is 12.1. The molecular formula is C14H20O3. The van der Waals surface area contributed by atoms with Crippen LogP contribution < -0.4 is 4.74 Å². The van der Waals surface area contributed by atoms with Crippen LogP contribution >= 0.6 is 0 Å². The zero-order valence-electron chi connectivity index (χ0n) is 10.9. The van der Waals surface area contributed by atoms with Gasteiger partial charge < -0.3 is 9.47 Å². The quantitative estimate of drug-likeness (QED) is 0.761. The van der Waals surface area contributed by atoms with E-state index in [1.54, 1.807) is 21.0 Å². The molecule has 0 aliphatic rings. The fourth-order valence-electron chi connectivity index (χ4n) is 1.62. The van der Waals surface area contributed by atoms with Gasteiger partial charge in [-0.05, 0) is 38.5 Å². The van der Waals surface area contributed by atoms with Gasteiger partial charge in [-0.3, -0.25) is 4.79 Å². The Hall–Kier alpha value is -1.35. The molecule has 1 rings (SSSR count). The van der Waals surface area contributed by atoms with Crippen LogP contribution in [0.2, 0.25) is 0 Å². The van der Waals surface area contributed by atoms with Crippen LogP contribution in [-0.4, -0.2) is 25.1 Å². The molecule has 0 amide bonds. The zero-order chi connectivity index (χ0) is 12.9. The summed E-state index contributed by atoms with van der Waals surface area (Å²) in [7, 11) is 1.62. The smallest absolute Gasteiger partial charge is 0.168 e. The van der Waals surface area contributed by atoms with E-state index < -0.39 is 5.60 Å². The van der Waals surface area contributed by atoms with Crippen LogP contribution in [0.25, 0.3) is 0 Å². The van der Waals surface area contributed by atoms with Gasteiger partial charge >= 0.3 is 0 Å². The van der Waals surface area contributed by atoms with Crippen LogP contribution in [0.4, 0.5) is 0 Å². The van der Waals surface area contributed by atoms with Gasteiger partial charge in [0.25, 0.3) is 0 Å². The lowest BCUT2D eigenvalue weighted by Crippen LogP contribution is -2.36. The lowest BCUT2D eigenvalue weighted by Gasteiger charge is -2.23. The number of benzene rings is 1. The lowest BCUT2D eigenvalue weighted by molar-refractivity contribution is -0.139. The van der Waals surface area contributed by atoms with E-state index in [4.69, 9.17) is 9.47 Å². The summed E-state index contributed by atoms with van der Waals surface area (Å²) in [6.45, 7) is 6.04. The number of carbonyl (C=O) groups excluding carboxylic acids is 1. The molecule has 1 aromatic rings. The minimum absolute atomic E-state index is 0.0765. The molecule has 0 fully saturated rings. The van der Waals surface area contributed by atoms with Crippen LogP contribution in [0.1, 0.15) is 26.3 Å². The first-order valence-corrected chi connectivity index (χ1v) is 5.79. The second-order valence-electron chi connectivity index (χ2n) is 4.39. The third-order valence-electron chi connectivity index (χ3n) is 2.68. The highest BCUT2D eigenvalue weighted by atomic mass is 16.5. The third-order valence-corrected chi connectivity index (χ3v) is 2.68. The van der Waals surface area contributed by atoms with Crippen LogP contribution in [0.3, 0.4) is 0 Å². The largest absolute Gasteiger partial charge is 0.497 e. The first-order chi connectivity index (χ1) is 7.99. The van der Waals surface area contributed by atoms with Crippen molar-refractivity contribution in [2.45, 2.75) is 32.8 Å². The van der Waals surface area contributed by atoms with E-state index in [1.165, 1.54) is 0 Å². The van der Waals surface area contributed by atoms with E-state index in [-0.39, 0.29) is 5.78 Å². The summed E-state index contributed by atoms with van der Waals surface area (Å²) in [4.78, 5) is 12.1. The van der Waals surface area contributed by atoms with Gasteiger partial charge in [0.2, 0.25) is 0 Å². The van der Waals surface area contributed by atoms with Crippen molar-refractivity contribution in [1.82, 2.24) is 0 Å². The minimum Gasteiger partial charge on any atom is -0.497 e. The topological polar surface area (TPSA) is 35.5 Å². The molecule has 3 nitrogen and oxygen atoms in total. The summed E-state index contributed by atoms with van der Waals surface area (Å²) < 4.78 is 10.6. The van der Waals surface area contributed by atoms with Crippen molar-refractivity contribution in [1.29, 1.82) is 0 Å². The zero-order valence-corrected chi connectivity index (χ0v) is 10.9. The second-order valence-corrected chi connectivity index (χ2v) is 4.39. The Balaban J connectivity index is 2.73. The molecule has 0 atom stereocenters. The van der Waals surface area contributed by atoms with E-state index in [0.29, 0.717) is 13.0 Å². The average Bonchev–Trinajstić information content (AvgIpc) is 2.29. The lowest BCUT2D eigenvalue weighted by atomic mass is 9.96. The molecule has 94 valence electrons. The Bertz CT molecular complexity index is 383. The summed E-state index contributed by atoms with van der Waals surface area (Å²) >= 11 is 0. The van der Waals surface area contributed by atoms with E-state index >= 15 is 0 Å². The number of rotatable bonds is 6. The number of carbonyl (C=O) groups is 1. The normalized spacial score (nSPS) is 11.3. The first-order valence-electron chi connectivity index (χ1n) is 5.79. The predicted octanol–water partition coefficient (Wildman–Crippen LogP) is 2.62. The fourth-order valence-corrected chi connectivity index (χ4v) is 1.62. The van der Waals surface area contributed by atoms with Crippen molar-refractivity contribution in [2.75, 3.05) is 13.7 Å². The molecule has 0 aliphatic carbocycles. The molecule has 0 saturated heterocycles. The first kappa shape index (κ1) is 13.7. The highest BCUT2D eigenvalue weighted by molar-refractivity contribution is 5.88. The Morgan fingerprint density at radius 2 is 2.06 bits per heavy atom. The minimum atomic E-state index is -0.724. The molecule has 0 unspecified atom stereocenters. The number of hydrogen-bond acceptors (Lipinski definition) is 3. The Morgan fingerprint density at radius 3 is 2.65 bits per heavy atom. The number of ketones is 1. The average molecular weight is 236 g/mol. The van der Waals surface area contributed by atoms with Gasteiger partial charge in [0.15, 0.2) is 5.78 Å². The van der Waals surface area contributed by atoms with Crippen LogP contribution in [0.5, 0.6) is 5.75 Å². The molecule has 0 N–H and O–H groups in total. The standard InChI is InChI=1S/C14H20O3/c1-5-17-14(2,3)13(15)10-11-7-6-8-12(9-11)16-4/h6-9H,5,10H2,1-4H3. The Morgan fingerprint density at radius 1 is 1.35 bits per heavy atom. The highest BCUT2D eigenvalue weighted by Gasteiger charge is 2.27. The van der Waals surface area contributed by atoms with Gasteiger partial charge in [-0.25, -0.2) is 0 Å². The molecule has 0 aliphatic heterocycles. The molecule has 0 bridgehead atoms. The monoisotopic (exact) mass is 236 g/mol. The maximum Gasteiger partial charge on any atom is 0.168 e. The maximum atomic E-state index is 12.1. The van der Waals surface area contributed by atoms with Crippen molar-refractivity contribution in [3.8, 4) is 5.75 Å². The van der Waals surface area contributed by atoms with Crippen LogP contribution in [-0.2, 0) is 16.0 Å². The molecular weight excluding hydrogens is 216 g/mol.